The Balaban J connectivity index is 1.63. The highest BCUT2D eigenvalue weighted by atomic mass is 35.5. The molecule has 0 aliphatic rings. The predicted molar refractivity (Wildman–Crippen MR) is 131 cm³/mol. The number of benzene rings is 3. The Morgan fingerprint density at radius 2 is 1.59 bits per heavy atom. The van der Waals surface area contributed by atoms with Crippen molar-refractivity contribution in [1.29, 1.82) is 0 Å². The maximum Gasteiger partial charge on any atom is 0.283 e. The molecule has 2 heterocycles. The van der Waals surface area contributed by atoms with Crippen molar-refractivity contribution in [3.63, 3.8) is 0 Å². The Hall–Kier alpha value is -3.06. The molecular weight excluding hydrogens is 465 g/mol. The van der Waals surface area contributed by atoms with Crippen molar-refractivity contribution in [3.8, 4) is 5.69 Å². The summed E-state index contributed by atoms with van der Waals surface area (Å²) in [5.41, 5.74) is 2.75. The molecule has 0 atom stereocenters. The number of carbonyl (C=O) groups is 1. The standard InChI is InChI=1S/C24H15Cl2N3O2S/c25-15-7-5-14(6-8-15)20(30)13-32-24-28-21-18-3-1-2-4-19(18)27-22(21)23(31)29(24)17-11-9-16(26)10-12-17/h1-12,27H,13H2. The van der Waals surface area contributed by atoms with Gasteiger partial charge in [-0.1, -0.05) is 53.2 Å². The Bertz CT molecular complexity index is 1520. The van der Waals surface area contributed by atoms with Gasteiger partial charge in [-0.15, -0.1) is 0 Å². The van der Waals surface area contributed by atoms with Gasteiger partial charge in [-0.2, -0.15) is 0 Å². The van der Waals surface area contributed by atoms with Crippen molar-refractivity contribution in [2.75, 3.05) is 5.75 Å². The van der Waals surface area contributed by atoms with Gasteiger partial charge in [-0.25, -0.2) is 4.98 Å². The summed E-state index contributed by atoms with van der Waals surface area (Å²) in [6.45, 7) is 0. The van der Waals surface area contributed by atoms with Crippen LogP contribution in [0.15, 0.2) is 82.7 Å². The maximum atomic E-state index is 13.5. The van der Waals surface area contributed by atoms with Crippen molar-refractivity contribution >= 4 is 62.7 Å². The molecule has 158 valence electrons. The second-order valence-corrected chi connectivity index (χ2v) is 8.94. The first-order valence-electron chi connectivity index (χ1n) is 9.72. The van der Waals surface area contributed by atoms with Gasteiger partial charge in [0.05, 0.1) is 11.4 Å². The molecule has 32 heavy (non-hydrogen) atoms. The number of carbonyl (C=O) groups excluding carboxylic acids is 1. The predicted octanol–water partition coefficient (Wildman–Crippen LogP) is 6.15. The van der Waals surface area contributed by atoms with Crippen molar-refractivity contribution in [2.45, 2.75) is 5.16 Å². The van der Waals surface area contributed by atoms with E-state index in [1.54, 1.807) is 48.5 Å². The molecule has 0 saturated carbocycles. The van der Waals surface area contributed by atoms with E-state index < -0.39 is 0 Å². The number of hydrogen-bond donors (Lipinski definition) is 1. The van der Waals surface area contributed by atoms with Crippen LogP contribution in [0.4, 0.5) is 0 Å². The van der Waals surface area contributed by atoms with E-state index in [4.69, 9.17) is 28.2 Å². The van der Waals surface area contributed by atoms with Gasteiger partial charge in [-0.3, -0.25) is 14.2 Å². The fourth-order valence-corrected chi connectivity index (χ4v) is 4.66. The van der Waals surface area contributed by atoms with Crippen molar-refractivity contribution in [2.24, 2.45) is 0 Å². The lowest BCUT2D eigenvalue weighted by molar-refractivity contribution is 0.102. The zero-order chi connectivity index (χ0) is 22.2. The summed E-state index contributed by atoms with van der Waals surface area (Å²) in [5, 5.41) is 2.41. The topological polar surface area (TPSA) is 67.8 Å². The number of hydrogen-bond acceptors (Lipinski definition) is 4. The average molecular weight is 480 g/mol. The molecule has 0 bridgehead atoms. The van der Waals surface area contributed by atoms with Crippen LogP contribution in [0.2, 0.25) is 10.0 Å². The molecule has 5 nitrogen and oxygen atoms in total. The number of rotatable bonds is 5. The van der Waals surface area contributed by atoms with Gasteiger partial charge in [0, 0.05) is 26.5 Å². The SMILES string of the molecule is O=C(CSc1nc2c([nH]c3ccccc32)c(=O)n1-c1ccc(Cl)cc1)c1ccc(Cl)cc1. The third-order valence-corrected chi connectivity index (χ3v) is 6.52. The van der Waals surface area contributed by atoms with E-state index in [0.29, 0.717) is 37.5 Å². The van der Waals surface area contributed by atoms with Crippen molar-refractivity contribution < 1.29 is 4.79 Å². The summed E-state index contributed by atoms with van der Waals surface area (Å²) in [6.07, 6.45) is 0. The molecule has 2 aromatic heterocycles. The van der Waals surface area contributed by atoms with Crippen LogP contribution in [0, 0.1) is 0 Å². The third kappa shape index (κ3) is 3.81. The zero-order valence-corrected chi connectivity index (χ0v) is 18.8. The normalized spacial score (nSPS) is 11.3. The minimum absolute atomic E-state index is 0.0809. The smallest absolute Gasteiger partial charge is 0.283 e. The van der Waals surface area contributed by atoms with E-state index in [1.807, 2.05) is 24.3 Å². The fraction of sp³-hybridized carbons (Fsp3) is 0.0417. The molecule has 0 aliphatic carbocycles. The number of para-hydroxylation sites is 1. The van der Waals surface area contributed by atoms with Crippen LogP contribution in [0.25, 0.3) is 27.6 Å². The van der Waals surface area contributed by atoms with Gasteiger partial charge in [-0.05, 0) is 54.6 Å². The second-order valence-electron chi connectivity index (χ2n) is 7.12. The number of nitrogens with one attached hydrogen (secondary N) is 1. The minimum Gasteiger partial charge on any atom is -0.349 e. The number of ketones is 1. The van der Waals surface area contributed by atoms with Gasteiger partial charge >= 0.3 is 0 Å². The number of H-pyrrole nitrogens is 1. The van der Waals surface area contributed by atoms with E-state index in [2.05, 4.69) is 4.98 Å². The summed E-state index contributed by atoms with van der Waals surface area (Å²) >= 11 is 13.2. The number of aromatic nitrogens is 3. The van der Waals surface area contributed by atoms with Crippen LogP contribution < -0.4 is 5.56 Å². The molecular formula is C24H15Cl2N3O2S. The average Bonchev–Trinajstić information content (AvgIpc) is 3.18. The highest BCUT2D eigenvalue weighted by Crippen LogP contribution is 2.27. The van der Waals surface area contributed by atoms with Gasteiger partial charge in [0.15, 0.2) is 10.9 Å². The van der Waals surface area contributed by atoms with Crippen LogP contribution >= 0.6 is 35.0 Å². The number of thioether (sulfide) groups is 1. The van der Waals surface area contributed by atoms with Crippen LogP contribution in [-0.2, 0) is 0 Å². The third-order valence-electron chi connectivity index (χ3n) is 5.08. The zero-order valence-electron chi connectivity index (χ0n) is 16.5. The first-order valence-corrected chi connectivity index (χ1v) is 11.5. The molecule has 0 fully saturated rings. The van der Waals surface area contributed by atoms with E-state index in [9.17, 15) is 9.59 Å². The molecule has 0 spiro atoms. The van der Waals surface area contributed by atoms with Crippen LogP contribution in [0.1, 0.15) is 10.4 Å². The quantitative estimate of drug-likeness (QED) is 0.186. The highest BCUT2D eigenvalue weighted by molar-refractivity contribution is 7.99. The molecule has 0 aliphatic heterocycles. The summed E-state index contributed by atoms with van der Waals surface area (Å²) in [7, 11) is 0. The Labute approximate surface area is 197 Å². The number of fused-ring (bicyclic) bond motifs is 3. The van der Waals surface area contributed by atoms with E-state index >= 15 is 0 Å². The molecule has 3 aromatic carbocycles. The second kappa shape index (κ2) is 8.47. The van der Waals surface area contributed by atoms with Gasteiger partial charge < -0.3 is 4.98 Å². The van der Waals surface area contributed by atoms with Crippen LogP contribution in [-0.4, -0.2) is 26.1 Å². The summed E-state index contributed by atoms with van der Waals surface area (Å²) < 4.78 is 1.51. The Morgan fingerprint density at radius 3 is 2.31 bits per heavy atom. The first-order chi connectivity index (χ1) is 15.5. The number of aromatic amines is 1. The molecule has 0 saturated heterocycles. The first kappa shape index (κ1) is 20.8. The number of Topliss-reactive ketones (excluding diaryl/α,β-unsaturated/α-hetero) is 1. The lowest BCUT2D eigenvalue weighted by Crippen LogP contribution is -2.22. The monoisotopic (exact) mass is 479 g/mol. The largest absolute Gasteiger partial charge is 0.349 e. The van der Waals surface area contributed by atoms with E-state index in [0.717, 1.165) is 10.9 Å². The van der Waals surface area contributed by atoms with Crippen molar-refractivity contribution in [1.82, 2.24) is 14.5 Å². The lowest BCUT2D eigenvalue weighted by Gasteiger charge is -2.12. The number of nitrogens with zero attached hydrogens (tertiary/aromatic N) is 2. The molecule has 1 N–H and O–H groups in total. The van der Waals surface area contributed by atoms with E-state index in [1.165, 1.54) is 16.3 Å². The lowest BCUT2D eigenvalue weighted by atomic mass is 10.1. The minimum atomic E-state index is -0.241. The Kier molecular flexibility index (Phi) is 5.51. The van der Waals surface area contributed by atoms with E-state index in [-0.39, 0.29) is 17.1 Å². The van der Waals surface area contributed by atoms with Gasteiger partial charge in [0.25, 0.3) is 5.56 Å². The van der Waals surface area contributed by atoms with Gasteiger partial charge in [0.2, 0.25) is 0 Å². The molecule has 0 amide bonds. The molecule has 0 radical (unpaired) electrons. The van der Waals surface area contributed by atoms with Crippen LogP contribution in [0.3, 0.4) is 0 Å². The number of halogens is 2. The molecule has 0 unspecified atom stereocenters. The highest BCUT2D eigenvalue weighted by Gasteiger charge is 2.18. The maximum absolute atomic E-state index is 13.5. The van der Waals surface area contributed by atoms with Crippen molar-refractivity contribution in [3.05, 3.63) is 98.8 Å². The molecule has 5 rings (SSSR count). The molecule has 5 aromatic rings. The summed E-state index contributed by atoms with van der Waals surface area (Å²) in [5.74, 6) is 0.0396. The fourth-order valence-electron chi connectivity index (χ4n) is 3.51. The summed E-state index contributed by atoms with van der Waals surface area (Å²) in [6, 6.07) is 21.3. The van der Waals surface area contributed by atoms with Crippen LogP contribution in [0.5, 0.6) is 0 Å². The molecule has 8 heteroatoms. The summed E-state index contributed by atoms with van der Waals surface area (Å²) in [4.78, 5) is 34.2. The van der Waals surface area contributed by atoms with Gasteiger partial charge in [0.1, 0.15) is 11.0 Å². The Morgan fingerprint density at radius 1 is 0.938 bits per heavy atom.